The number of aromatic nitrogens is 3. The predicted molar refractivity (Wildman–Crippen MR) is 66.9 cm³/mol. The number of hydrogen-bond donors (Lipinski definition) is 1. The number of nitrogens with two attached hydrogens (primary N) is 1. The third kappa shape index (κ3) is 1.82. The zero-order valence-electron chi connectivity index (χ0n) is 8.35. The molecule has 7 heteroatoms. The Morgan fingerprint density at radius 3 is 2.60 bits per heavy atom. The molecule has 2 rings (SSSR count). The second-order valence-electron chi connectivity index (χ2n) is 2.97. The van der Waals surface area contributed by atoms with Crippen molar-refractivity contribution in [3.63, 3.8) is 0 Å². The van der Waals surface area contributed by atoms with Gasteiger partial charge in [-0.1, -0.05) is 11.3 Å². The molecule has 0 radical (unpaired) electrons. The molecule has 0 aromatic carbocycles. The standard InChI is InChI=1S/C8H10N4S3/c1-3-12-4(2)5(14-8(12)13)6-10-11-7(9)15-6/h3H2,1-2H3,(H2,9,11). The summed E-state index contributed by atoms with van der Waals surface area (Å²) in [6, 6.07) is 0. The topological polar surface area (TPSA) is 56.7 Å². The summed E-state index contributed by atoms with van der Waals surface area (Å²) in [6.07, 6.45) is 0. The van der Waals surface area contributed by atoms with Gasteiger partial charge in [0, 0.05) is 12.2 Å². The first-order valence-electron chi connectivity index (χ1n) is 4.43. The fourth-order valence-electron chi connectivity index (χ4n) is 1.37. The minimum Gasteiger partial charge on any atom is -0.374 e. The van der Waals surface area contributed by atoms with Crippen LogP contribution in [0.25, 0.3) is 9.88 Å². The quantitative estimate of drug-likeness (QED) is 0.841. The van der Waals surface area contributed by atoms with E-state index >= 15 is 0 Å². The van der Waals surface area contributed by atoms with Crippen LogP contribution in [-0.2, 0) is 6.54 Å². The molecule has 0 saturated carbocycles. The summed E-state index contributed by atoms with van der Waals surface area (Å²) in [5, 5.41) is 9.19. The smallest absolute Gasteiger partial charge is 0.203 e. The van der Waals surface area contributed by atoms with Crippen molar-refractivity contribution >= 4 is 40.0 Å². The van der Waals surface area contributed by atoms with Crippen LogP contribution >= 0.6 is 34.9 Å². The monoisotopic (exact) mass is 258 g/mol. The molecule has 0 aliphatic carbocycles. The van der Waals surface area contributed by atoms with Crippen LogP contribution in [0.4, 0.5) is 5.13 Å². The van der Waals surface area contributed by atoms with Crippen LogP contribution in [0.1, 0.15) is 12.6 Å². The molecule has 15 heavy (non-hydrogen) atoms. The van der Waals surface area contributed by atoms with Gasteiger partial charge in [0.15, 0.2) is 8.96 Å². The Hall–Kier alpha value is -0.790. The van der Waals surface area contributed by atoms with Crippen molar-refractivity contribution in [2.45, 2.75) is 20.4 Å². The second kappa shape index (κ2) is 3.99. The summed E-state index contributed by atoms with van der Waals surface area (Å²) < 4.78 is 2.96. The van der Waals surface area contributed by atoms with Gasteiger partial charge >= 0.3 is 0 Å². The molecule has 0 unspecified atom stereocenters. The molecule has 2 aromatic heterocycles. The molecular formula is C8H10N4S3. The van der Waals surface area contributed by atoms with Gasteiger partial charge in [-0.25, -0.2) is 0 Å². The van der Waals surface area contributed by atoms with Gasteiger partial charge in [0.25, 0.3) is 0 Å². The molecule has 0 bridgehead atoms. The molecule has 0 spiro atoms. The average Bonchev–Trinajstić information content (AvgIpc) is 2.71. The van der Waals surface area contributed by atoms with Crippen molar-refractivity contribution in [2.24, 2.45) is 0 Å². The van der Waals surface area contributed by atoms with E-state index in [0.29, 0.717) is 5.13 Å². The van der Waals surface area contributed by atoms with Gasteiger partial charge in [-0.3, -0.25) is 0 Å². The molecular weight excluding hydrogens is 248 g/mol. The lowest BCUT2D eigenvalue weighted by atomic mass is 10.4. The third-order valence-electron chi connectivity index (χ3n) is 2.09. The molecule has 0 aliphatic rings. The van der Waals surface area contributed by atoms with Gasteiger partial charge in [0.2, 0.25) is 5.13 Å². The summed E-state index contributed by atoms with van der Waals surface area (Å²) in [5.41, 5.74) is 6.70. The predicted octanol–water partition coefficient (Wildman–Crippen LogP) is 2.71. The lowest BCUT2D eigenvalue weighted by Gasteiger charge is -1.99. The van der Waals surface area contributed by atoms with E-state index in [-0.39, 0.29) is 0 Å². The van der Waals surface area contributed by atoms with Gasteiger partial charge in [-0.15, -0.1) is 21.5 Å². The fraction of sp³-hybridized carbons (Fsp3) is 0.375. The van der Waals surface area contributed by atoms with Gasteiger partial charge in [-0.2, -0.15) is 0 Å². The van der Waals surface area contributed by atoms with Crippen LogP contribution in [0.3, 0.4) is 0 Å². The summed E-state index contributed by atoms with van der Waals surface area (Å²) in [7, 11) is 0. The highest BCUT2D eigenvalue weighted by Gasteiger charge is 2.13. The lowest BCUT2D eigenvalue weighted by Crippen LogP contribution is -1.96. The molecule has 4 nitrogen and oxygen atoms in total. The number of hydrogen-bond acceptors (Lipinski definition) is 6. The van der Waals surface area contributed by atoms with Crippen molar-refractivity contribution in [1.29, 1.82) is 0 Å². The Balaban J connectivity index is 2.59. The van der Waals surface area contributed by atoms with E-state index in [1.54, 1.807) is 11.3 Å². The fourth-order valence-corrected chi connectivity index (χ4v) is 3.67. The summed E-state index contributed by atoms with van der Waals surface area (Å²) >= 11 is 8.23. The van der Waals surface area contributed by atoms with Crippen molar-refractivity contribution in [3.05, 3.63) is 9.65 Å². The first kappa shape index (κ1) is 10.7. The first-order valence-corrected chi connectivity index (χ1v) is 6.47. The molecule has 0 saturated heterocycles. The normalized spacial score (nSPS) is 10.8. The molecule has 2 aromatic rings. The maximum atomic E-state index is 5.56. The van der Waals surface area contributed by atoms with Crippen LogP contribution in [-0.4, -0.2) is 14.8 Å². The Labute approximate surface area is 100 Å². The van der Waals surface area contributed by atoms with Crippen LogP contribution in [0, 0.1) is 10.9 Å². The molecule has 0 atom stereocenters. The van der Waals surface area contributed by atoms with Crippen LogP contribution in [0.5, 0.6) is 0 Å². The average molecular weight is 258 g/mol. The van der Waals surface area contributed by atoms with Crippen LogP contribution in [0.2, 0.25) is 0 Å². The van der Waals surface area contributed by atoms with E-state index < -0.39 is 0 Å². The van der Waals surface area contributed by atoms with E-state index in [2.05, 4.69) is 21.7 Å². The maximum Gasteiger partial charge on any atom is 0.203 e. The molecule has 0 amide bonds. The van der Waals surface area contributed by atoms with E-state index in [4.69, 9.17) is 18.0 Å². The van der Waals surface area contributed by atoms with Crippen molar-refractivity contribution < 1.29 is 0 Å². The minimum atomic E-state index is 0.492. The number of nitrogens with zero attached hydrogens (tertiary/aromatic N) is 3. The summed E-state index contributed by atoms with van der Waals surface area (Å²) in [6.45, 7) is 5.01. The number of anilines is 1. The molecule has 0 fully saturated rings. The Morgan fingerprint density at radius 1 is 1.40 bits per heavy atom. The van der Waals surface area contributed by atoms with Crippen molar-refractivity contribution in [1.82, 2.24) is 14.8 Å². The third-order valence-corrected chi connectivity index (χ3v) is 4.55. The van der Waals surface area contributed by atoms with Crippen molar-refractivity contribution in [3.8, 4) is 9.88 Å². The Morgan fingerprint density at radius 2 is 2.13 bits per heavy atom. The van der Waals surface area contributed by atoms with E-state index in [1.165, 1.54) is 11.3 Å². The van der Waals surface area contributed by atoms with E-state index in [0.717, 1.165) is 26.1 Å². The Kier molecular flexibility index (Phi) is 2.85. The minimum absolute atomic E-state index is 0.492. The summed E-state index contributed by atoms with van der Waals surface area (Å²) in [5.74, 6) is 0. The first-order chi connectivity index (χ1) is 7.13. The number of thiazole rings is 1. The highest BCUT2D eigenvalue weighted by Crippen LogP contribution is 2.33. The number of nitrogen functional groups attached to an aromatic ring is 1. The van der Waals surface area contributed by atoms with Gasteiger partial charge in [0.05, 0.1) is 4.88 Å². The molecule has 80 valence electrons. The van der Waals surface area contributed by atoms with E-state index in [1.807, 2.05) is 6.92 Å². The lowest BCUT2D eigenvalue weighted by molar-refractivity contribution is 0.738. The highest BCUT2D eigenvalue weighted by molar-refractivity contribution is 7.73. The summed E-state index contributed by atoms with van der Waals surface area (Å²) in [4.78, 5) is 1.08. The highest BCUT2D eigenvalue weighted by atomic mass is 32.1. The second-order valence-corrected chi connectivity index (χ2v) is 5.63. The van der Waals surface area contributed by atoms with Gasteiger partial charge in [0.1, 0.15) is 0 Å². The number of rotatable bonds is 2. The molecule has 2 heterocycles. The van der Waals surface area contributed by atoms with Crippen LogP contribution < -0.4 is 5.73 Å². The SMILES string of the molecule is CCn1c(C)c(-c2nnc(N)s2)sc1=S. The van der Waals surface area contributed by atoms with Crippen LogP contribution in [0.15, 0.2) is 0 Å². The zero-order valence-corrected chi connectivity index (χ0v) is 10.8. The van der Waals surface area contributed by atoms with Gasteiger partial charge in [-0.05, 0) is 26.1 Å². The largest absolute Gasteiger partial charge is 0.374 e. The molecule has 0 aliphatic heterocycles. The maximum absolute atomic E-state index is 5.56. The van der Waals surface area contributed by atoms with E-state index in [9.17, 15) is 0 Å². The molecule has 2 N–H and O–H groups in total. The Bertz CT molecular complexity index is 536. The zero-order chi connectivity index (χ0) is 11.0. The van der Waals surface area contributed by atoms with Gasteiger partial charge < -0.3 is 10.3 Å². The van der Waals surface area contributed by atoms with Crippen molar-refractivity contribution in [2.75, 3.05) is 5.73 Å².